The number of anilines is 1. The molecule has 1 unspecified atom stereocenters. The molecule has 0 amide bonds. The summed E-state index contributed by atoms with van der Waals surface area (Å²) < 4.78 is 0. The molecular formula is C14H19N3O2. The number of carboxylic acids is 1. The van der Waals surface area contributed by atoms with Crippen molar-refractivity contribution in [3.8, 4) is 6.07 Å². The molecule has 0 radical (unpaired) electrons. The van der Waals surface area contributed by atoms with E-state index in [1.165, 1.54) is 0 Å². The Morgan fingerprint density at radius 2 is 2.21 bits per heavy atom. The molecule has 2 N–H and O–H groups in total. The van der Waals surface area contributed by atoms with Crippen LogP contribution in [0.4, 0.5) is 5.82 Å². The predicted octanol–water partition coefficient (Wildman–Crippen LogP) is 2.64. The highest BCUT2D eigenvalue weighted by Crippen LogP contribution is 2.24. The molecule has 5 nitrogen and oxygen atoms in total. The second-order valence-corrected chi connectivity index (χ2v) is 5.72. The zero-order valence-corrected chi connectivity index (χ0v) is 11.5. The van der Waals surface area contributed by atoms with Crippen LogP contribution in [0.2, 0.25) is 0 Å². The van der Waals surface area contributed by atoms with Gasteiger partial charge in [0.05, 0.1) is 6.42 Å². The first kappa shape index (κ1) is 15.0. The van der Waals surface area contributed by atoms with Gasteiger partial charge in [0, 0.05) is 6.04 Å². The number of hydrogen-bond donors (Lipinski definition) is 2. The zero-order chi connectivity index (χ0) is 14.5. The molecule has 0 saturated carbocycles. The molecule has 0 bridgehead atoms. The molecule has 0 aliphatic carbocycles. The SMILES string of the molecule is CC(C)(C)CC(CC(=O)O)Nc1cccc(C#N)n1. The Balaban J connectivity index is 2.81. The molecule has 0 aromatic carbocycles. The lowest BCUT2D eigenvalue weighted by Gasteiger charge is -2.26. The van der Waals surface area contributed by atoms with Crippen molar-refractivity contribution < 1.29 is 9.90 Å². The van der Waals surface area contributed by atoms with Gasteiger partial charge in [-0.25, -0.2) is 4.98 Å². The van der Waals surface area contributed by atoms with Gasteiger partial charge in [0.15, 0.2) is 0 Å². The third-order valence-electron chi connectivity index (χ3n) is 2.50. The number of hydrogen-bond acceptors (Lipinski definition) is 4. The molecule has 1 atom stereocenters. The van der Waals surface area contributed by atoms with Crippen molar-refractivity contribution in [2.45, 2.75) is 39.7 Å². The van der Waals surface area contributed by atoms with Crippen LogP contribution in [0.15, 0.2) is 18.2 Å². The standard InChI is InChI=1S/C14H19N3O2/c1-14(2,3)8-11(7-13(18)19)17-12-6-4-5-10(9-15)16-12/h4-6,11H,7-8H2,1-3H3,(H,16,17)(H,18,19). The average molecular weight is 261 g/mol. The molecule has 102 valence electrons. The van der Waals surface area contributed by atoms with Crippen molar-refractivity contribution in [3.63, 3.8) is 0 Å². The summed E-state index contributed by atoms with van der Waals surface area (Å²) in [5, 5.41) is 20.8. The van der Waals surface area contributed by atoms with Gasteiger partial charge >= 0.3 is 5.97 Å². The summed E-state index contributed by atoms with van der Waals surface area (Å²) in [6.45, 7) is 6.17. The van der Waals surface area contributed by atoms with Crippen molar-refractivity contribution >= 4 is 11.8 Å². The first-order valence-corrected chi connectivity index (χ1v) is 6.15. The summed E-state index contributed by atoms with van der Waals surface area (Å²) >= 11 is 0. The summed E-state index contributed by atoms with van der Waals surface area (Å²) in [5.41, 5.74) is 0.329. The molecule has 1 aromatic heterocycles. The van der Waals surface area contributed by atoms with Crippen molar-refractivity contribution in [3.05, 3.63) is 23.9 Å². The lowest BCUT2D eigenvalue weighted by molar-refractivity contribution is -0.137. The number of carbonyl (C=O) groups is 1. The summed E-state index contributed by atoms with van der Waals surface area (Å²) in [6.07, 6.45) is 0.730. The average Bonchev–Trinajstić information content (AvgIpc) is 2.26. The smallest absolute Gasteiger partial charge is 0.305 e. The lowest BCUT2D eigenvalue weighted by atomic mass is 9.87. The van der Waals surface area contributed by atoms with Crippen LogP contribution in [-0.4, -0.2) is 22.1 Å². The molecule has 0 fully saturated rings. The second-order valence-electron chi connectivity index (χ2n) is 5.72. The van der Waals surface area contributed by atoms with Crippen molar-refractivity contribution in [2.24, 2.45) is 5.41 Å². The van der Waals surface area contributed by atoms with Crippen LogP contribution < -0.4 is 5.32 Å². The molecule has 1 rings (SSSR count). The van der Waals surface area contributed by atoms with E-state index in [0.717, 1.165) is 0 Å². The van der Waals surface area contributed by atoms with Crippen molar-refractivity contribution in [2.75, 3.05) is 5.32 Å². The van der Waals surface area contributed by atoms with Gasteiger partial charge in [-0.05, 0) is 24.0 Å². The molecule has 1 heterocycles. The molecule has 1 aromatic rings. The third kappa shape index (κ3) is 5.87. The van der Waals surface area contributed by atoms with E-state index in [-0.39, 0.29) is 17.9 Å². The van der Waals surface area contributed by atoms with Gasteiger partial charge in [0.1, 0.15) is 17.6 Å². The highest BCUT2D eigenvalue weighted by Gasteiger charge is 2.21. The minimum Gasteiger partial charge on any atom is -0.481 e. The fourth-order valence-corrected chi connectivity index (χ4v) is 1.91. The summed E-state index contributed by atoms with van der Waals surface area (Å²) in [4.78, 5) is 15.0. The molecule has 0 aliphatic heterocycles. The molecule has 0 spiro atoms. The van der Waals surface area contributed by atoms with Gasteiger partial charge < -0.3 is 10.4 Å². The number of aromatic nitrogens is 1. The van der Waals surface area contributed by atoms with Gasteiger partial charge in [-0.1, -0.05) is 26.8 Å². The van der Waals surface area contributed by atoms with E-state index in [0.29, 0.717) is 17.9 Å². The van der Waals surface area contributed by atoms with E-state index in [1.807, 2.05) is 6.07 Å². The van der Waals surface area contributed by atoms with Crippen LogP contribution >= 0.6 is 0 Å². The van der Waals surface area contributed by atoms with Crippen LogP contribution in [0.5, 0.6) is 0 Å². The maximum absolute atomic E-state index is 10.9. The lowest BCUT2D eigenvalue weighted by Crippen LogP contribution is -2.28. The Hall–Kier alpha value is -2.09. The Labute approximate surface area is 113 Å². The molecule has 0 aliphatic rings. The number of rotatable bonds is 5. The molecule has 19 heavy (non-hydrogen) atoms. The quantitative estimate of drug-likeness (QED) is 0.851. The van der Waals surface area contributed by atoms with Crippen molar-refractivity contribution in [1.82, 2.24) is 4.98 Å². The second kappa shape index (κ2) is 6.19. The monoisotopic (exact) mass is 261 g/mol. The molecule has 0 saturated heterocycles. The Bertz CT molecular complexity index is 486. The van der Waals surface area contributed by atoms with Gasteiger partial charge in [0.25, 0.3) is 0 Å². The molecular weight excluding hydrogens is 242 g/mol. The predicted molar refractivity (Wildman–Crippen MR) is 72.7 cm³/mol. The van der Waals surface area contributed by atoms with E-state index in [1.54, 1.807) is 18.2 Å². The van der Waals surface area contributed by atoms with E-state index in [9.17, 15) is 4.79 Å². The Kier molecular flexibility index (Phi) is 4.87. The van der Waals surface area contributed by atoms with Gasteiger partial charge in [0.2, 0.25) is 0 Å². The summed E-state index contributed by atoms with van der Waals surface area (Å²) in [5.74, 6) is -0.312. The van der Waals surface area contributed by atoms with Crippen LogP contribution in [0.3, 0.4) is 0 Å². The van der Waals surface area contributed by atoms with E-state index >= 15 is 0 Å². The Morgan fingerprint density at radius 1 is 1.53 bits per heavy atom. The van der Waals surface area contributed by atoms with Gasteiger partial charge in [-0.15, -0.1) is 0 Å². The minimum absolute atomic E-state index is 0.0138. The van der Waals surface area contributed by atoms with Crippen LogP contribution in [0, 0.1) is 16.7 Å². The van der Waals surface area contributed by atoms with Crippen LogP contribution in [-0.2, 0) is 4.79 Å². The topological polar surface area (TPSA) is 86.0 Å². The van der Waals surface area contributed by atoms with E-state index in [2.05, 4.69) is 31.1 Å². The first-order valence-electron chi connectivity index (χ1n) is 6.15. The fourth-order valence-electron chi connectivity index (χ4n) is 1.91. The normalized spacial score (nSPS) is 12.5. The van der Waals surface area contributed by atoms with Crippen LogP contribution in [0.1, 0.15) is 39.3 Å². The highest BCUT2D eigenvalue weighted by molar-refractivity contribution is 5.68. The van der Waals surface area contributed by atoms with E-state index in [4.69, 9.17) is 10.4 Å². The molecule has 5 heteroatoms. The minimum atomic E-state index is -0.849. The number of carboxylic acid groups (broad SMARTS) is 1. The fraction of sp³-hybridized carbons (Fsp3) is 0.500. The number of nitrogens with one attached hydrogen (secondary N) is 1. The maximum Gasteiger partial charge on any atom is 0.305 e. The van der Waals surface area contributed by atoms with Gasteiger partial charge in [-0.3, -0.25) is 4.79 Å². The highest BCUT2D eigenvalue weighted by atomic mass is 16.4. The largest absolute Gasteiger partial charge is 0.481 e. The first-order chi connectivity index (χ1) is 8.80. The zero-order valence-electron chi connectivity index (χ0n) is 11.5. The number of nitriles is 1. The van der Waals surface area contributed by atoms with Crippen molar-refractivity contribution in [1.29, 1.82) is 5.26 Å². The number of pyridine rings is 1. The number of aliphatic carboxylic acids is 1. The summed E-state index contributed by atoms with van der Waals surface area (Å²) in [6, 6.07) is 6.82. The number of nitrogens with zero attached hydrogens (tertiary/aromatic N) is 2. The van der Waals surface area contributed by atoms with Gasteiger partial charge in [-0.2, -0.15) is 5.26 Å². The summed E-state index contributed by atoms with van der Waals surface area (Å²) in [7, 11) is 0. The third-order valence-corrected chi connectivity index (χ3v) is 2.50. The maximum atomic E-state index is 10.9. The van der Waals surface area contributed by atoms with E-state index < -0.39 is 5.97 Å². The Morgan fingerprint density at radius 3 is 2.74 bits per heavy atom. The van der Waals surface area contributed by atoms with Crippen LogP contribution in [0.25, 0.3) is 0 Å².